The average Bonchev–Trinajstić information content (AvgIpc) is 2.31. The first-order chi connectivity index (χ1) is 8.45. The van der Waals surface area contributed by atoms with Crippen LogP contribution in [0.4, 0.5) is 0 Å². The molecule has 0 aliphatic heterocycles. The minimum absolute atomic E-state index is 0.0281. The number of rotatable bonds is 5. The van der Waals surface area contributed by atoms with Crippen molar-refractivity contribution in [1.82, 2.24) is 9.88 Å². The Bertz CT molecular complexity index is 510. The van der Waals surface area contributed by atoms with E-state index in [1.807, 2.05) is 13.8 Å². The zero-order valence-corrected chi connectivity index (χ0v) is 11.3. The molecule has 1 aromatic rings. The topological polar surface area (TPSA) is 77.1 Å². The summed E-state index contributed by atoms with van der Waals surface area (Å²) in [6, 6.07) is 3.28. The van der Waals surface area contributed by atoms with Crippen molar-refractivity contribution in [3.63, 3.8) is 0 Å². The summed E-state index contributed by atoms with van der Waals surface area (Å²) in [5.41, 5.74) is 5.34. The van der Waals surface area contributed by atoms with Gasteiger partial charge in [-0.15, -0.1) is 0 Å². The minimum Gasteiger partial charge on any atom is -0.389 e. The molecular formula is C12H17N3O2S. The van der Waals surface area contributed by atoms with Gasteiger partial charge < -0.3 is 15.6 Å². The van der Waals surface area contributed by atoms with Gasteiger partial charge in [-0.1, -0.05) is 19.1 Å². The molecule has 0 fully saturated rings. The van der Waals surface area contributed by atoms with Crippen LogP contribution in [0, 0.1) is 0 Å². The highest BCUT2D eigenvalue weighted by molar-refractivity contribution is 7.80. The smallest absolute Gasteiger partial charge is 0.261 e. The lowest BCUT2D eigenvalue weighted by atomic mass is 10.2. The van der Waals surface area contributed by atoms with Crippen LogP contribution < -0.4 is 16.6 Å². The molecule has 1 amide bonds. The molecule has 0 saturated heterocycles. The number of hydrogen-bond donors (Lipinski definition) is 2. The molecule has 1 rings (SSSR count). The Morgan fingerprint density at radius 2 is 2.28 bits per heavy atom. The van der Waals surface area contributed by atoms with E-state index in [9.17, 15) is 9.59 Å². The molecular weight excluding hydrogens is 250 g/mol. The first kappa shape index (κ1) is 14.4. The van der Waals surface area contributed by atoms with E-state index in [-0.39, 0.29) is 34.6 Å². The predicted molar refractivity (Wildman–Crippen MR) is 74.5 cm³/mol. The number of aromatic nitrogens is 1. The summed E-state index contributed by atoms with van der Waals surface area (Å²) >= 11 is 4.78. The first-order valence-electron chi connectivity index (χ1n) is 5.74. The molecule has 98 valence electrons. The van der Waals surface area contributed by atoms with Gasteiger partial charge in [0, 0.05) is 12.2 Å². The van der Waals surface area contributed by atoms with E-state index in [1.165, 1.54) is 4.57 Å². The van der Waals surface area contributed by atoms with E-state index in [0.717, 1.165) is 6.42 Å². The van der Waals surface area contributed by atoms with Gasteiger partial charge in [-0.3, -0.25) is 9.59 Å². The molecule has 0 bridgehead atoms. The van der Waals surface area contributed by atoms with Crippen molar-refractivity contribution in [2.45, 2.75) is 32.9 Å². The largest absolute Gasteiger partial charge is 0.389 e. The SMILES string of the molecule is CCC(C)NC(=O)Cn1cccc(C(N)=S)c1=O. The molecule has 1 unspecified atom stereocenters. The molecule has 0 radical (unpaired) electrons. The molecule has 6 heteroatoms. The number of carbonyl (C=O) groups is 1. The zero-order valence-electron chi connectivity index (χ0n) is 10.5. The molecule has 3 N–H and O–H groups in total. The third kappa shape index (κ3) is 3.66. The Balaban J connectivity index is 2.86. The van der Waals surface area contributed by atoms with Crippen molar-refractivity contribution < 1.29 is 4.79 Å². The Morgan fingerprint density at radius 3 is 2.83 bits per heavy atom. The number of carbonyl (C=O) groups excluding carboxylic acids is 1. The normalized spacial score (nSPS) is 11.9. The van der Waals surface area contributed by atoms with Crippen molar-refractivity contribution >= 4 is 23.1 Å². The zero-order chi connectivity index (χ0) is 13.7. The fraction of sp³-hybridized carbons (Fsp3) is 0.417. The lowest BCUT2D eigenvalue weighted by molar-refractivity contribution is -0.122. The lowest BCUT2D eigenvalue weighted by Crippen LogP contribution is -2.38. The Kier molecular flexibility index (Phi) is 5.03. The van der Waals surface area contributed by atoms with Crippen LogP contribution in [0.2, 0.25) is 0 Å². The first-order valence-corrected chi connectivity index (χ1v) is 6.15. The highest BCUT2D eigenvalue weighted by Gasteiger charge is 2.10. The third-order valence-corrected chi connectivity index (χ3v) is 2.84. The van der Waals surface area contributed by atoms with Crippen LogP contribution in [0.1, 0.15) is 25.8 Å². The van der Waals surface area contributed by atoms with Crippen LogP contribution in [0.25, 0.3) is 0 Å². The predicted octanol–water partition coefficient (Wildman–Crippen LogP) is 0.397. The standard InChI is InChI=1S/C12H17N3O2S/c1-3-8(2)14-10(16)7-15-6-4-5-9(11(13)18)12(15)17/h4-6,8H,3,7H2,1-2H3,(H2,13,18)(H,14,16). The van der Waals surface area contributed by atoms with Gasteiger partial charge in [0.15, 0.2) is 0 Å². The highest BCUT2D eigenvalue weighted by atomic mass is 32.1. The summed E-state index contributed by atoms with van der Waals surface area (Å²) in [5, 5.41) is 2.79. The van der Waals surface area contributed by atoms with Gasteiger partial charge >= 0.3 is 0 Å². The maximum atomic E-state index is 11.9. The van der Waals surface area contributed by atoms with E-state index in [4.69, 9.17) is 18.0 Å². The van der Waals surface area contributed by atoms with Gasteiger partial charge in [0.2, 0.25) is 5.91 Å². The second-order valence-electron chi connectivity index (χ2n) is 4.10. The summed E-state index contributed by atoms with van der Waals surface area (Å²) in [6.45, 7) is 3.86. The number of hydrogen-bond acceptors (Lipinski definition) is 3. The number of amides is 1. The highest BCUT2D eigenvalue weighted by Crippen LogP contribution is 1.93. The maximum absolute atomic E-state index is 11.9. The molecule has 1 heterocycles. The number of nitrogens with one attached hydrogen (secondary N) is 1. The van der Waals surface area contributed by atoms with Gasteiger partial charge in [-0.25, -0.2) is 0 Å². The molecule has 0 saturated carbocycles. The van der Waals surface area contributed by atoms with Crippen molar-refractivity contribution in [1.29, 1.82) is 0 Å². The average molecular weight is 267 g/mol. The summed E-state index contributed by atoms with van der Waals surface area (Å²) < 4.78 is 1.30. The van der Waals surface area contributed by atoms with E-state index < -0.39 is 0 Å². The molecule has 0 aromatic carbocycles. The van der Waals surface area contributed by atoms with Crippen LogP contribution in [-0.2, 0) is 11.3 Å². The van der Waals surface area contributed by atoms with Crippen molar-refractivity contribution in [2.24, 2.45) is 5.73 Å². The molecule has 1 atom stereocenters. The fourth-order valence-corrected chi connectivity index (χ4v) is 1.58. The Hall–Kier alpha value is -1.69. The lowest BCUT2D eigenvalue weighted by Gasteiger charge is -2.12. The molecule has 0 spiro atoms. The fourth-order valence-electron chi connectivity index (χ4n) is 1.43. The monoisotopic (exact) mass is 267 g/mol. The third-order valence-electron chi connectivity index (χ3n) is 2.62. The quantitative estimate of drug-likeness (QED) is 0.757. The van der Waals surface area contributed by atoms with Gasteiger partial charge in [0.1, 0.15) is 11.5 Å². The van der Waals surface area contributed by atoms with Gasteiger partial charge in [-0.05, 0) is 25.5 Å². The summed E-state index contributed by atoms with van der Waals surface area (Å²) in [6.07, 6.45) is 2.38. The molecule has 18 heavy (non-hydrogen) atoms. The summed E-state index contributed by atoms with van der Waals surface area (Å²) in [7, 11) is 0. The second-order valence-corrected chi connectivity index (χ2v) is 4.54. The molecule has 5 nitrogen and oxygen atoms in total. The Labute approximate surface area is 111 Å². The van der Waals surface area contributed by atoms with Gasteiger partial charge in [-0.2, -0.15) is 0 Å². The number of thiocarbonyl (C=S) groups is 1. The number of nitrogens with zero attached hydrogens (tertiary/aromatic N) is 1. The molecule has 0 aliphatic carbocycles. The van der Waals surface area contributed by atoms with E-state index >= 15 is 0 Å². The van der Waals surface area contributed by atoms with Crippen LogP contribution in [0.3, 0.4) is 0 Å². The number of nitrogens with two attached hydrogens (primary N) is 1. The van der Waals surface area contributed by atoms with Crippen LogP contribution in [0.15, 0.2) is 23.1 Å². The minimum atomic E-state index is -0.343. The van der Waals surface area contributed by atoms with Crippen molar-refractivity contribution in [2.75, 3.05) is 0 Å². The van der Waals surface area contributed by atoms with Crippen molar-refractivity contribution in [3.8, 4) is 0 Å². The van der Waals surface area contributed by atoms with Gasteiger partial charge in [0.25, 0.3) is 5.56 Å². The molecule has 0 aliphatic rings. The summed E-state index contributed by atoms with van der Waals surface area (Å²) in [5.74, 6) is -0.202. The van der Waals surface area contributed by atoms with E-state index in [0.29, 0.717) is 0 Å². The van der Waals surface area contributed by atoms with Crippen LogP contribution in [0.5, 0.6) is 0 Å². The summed E-state index contributed by atoms with van der Waals surface area (Å²) in [4.78, 5) is 23.6. The molecule has 1 aromatic heterocycles. The maximum Gasteiger partial charge on any atom is 0.261 e. The number of pyridine rings is 1. The second kappa shape index (κ2) is 6.30. The van der Waals surface area contributed by atoms with E-state index in [2.05, 4.69) is 5.32 Å². The van der Waals surface area contributed by atoms with E-state index in [1.54, 1.807) is 18.3 Å². The Morgan fingerprint density at radius 1 is 1.61 bits per heavy atom. The van der Waals surface area contributed by atoms with Crippen molar-refractivity contribution in [3.05, 3.63) is 34.2 Å². The van der Waals surface area contributed by atoms with Gasteiger partial charge in [0.05, 0.1) is 5.56 Å². The van der Waals surface area contributed by atoms with Crippen LogP contribution >= 0.6 is 12.2 Å². The van der Waals surface area contributed by atoms with Crippen LogP contribution in [-0.4, -0.2) is 21.5 Å².